The van der Waals surface area contributed by atoms with Crippen molar-refractivity contribution in [3.8, 4) is 0 Å². The summed E-state index contributed by atoms with van der Waals surface area (Å²) < 4.78 is 15.7. The van der Waals surface area contributed by atoms with Crippen molar-refractivity contribution in [2.75, 3.05) is 12.8 Å². The molecule has 1 N–H and O–H groups in total. The maximum absolute atomic E-state index is 11.0. The Morgan fingerprint density at radius 1 is 1.58 bits per heavy atom. The molecular formula is C7H15O4P. The molecule has 0 aliphatic heterocycles. The van der Waals surface area contributed by atoms with E-state index in [4.69, 9.17) is 4.89 Å². The molecule has 0 spiro atoms. The molecule has 0 radical (unpaired) electrons. The second-order valence-electron chi connectivity index (χ2n) is 2.68. The average molecular weight is 194 g/mol. The number of carbonyl (C=O) groups excluding carboxylic acids is 1. The summed E-state index contributed by atoms with van der Waals surface area (Å²) in [5, 5.41) is 0. The molecule has 0 aromatic heterocycles. The molecule has 0 heterocycles. The maximum Gasteiger partial charge on any atom is 0.335 e. The topological polar surface area (TPSA) is 63.6 Å². The molecule has 0 aliphatic rings. The minimum Gasteiger partial charge on any atom is -0.324 e. The average Bonchev–Trinajstić information content (AvgIpc) is 1.84. The van der Waals surface area contributed by atoms with E-state index in [0.717, 1.165) is 12.8 Å². The van der Waals surface area contributed by atoms with E-state index >= 15 is 0 Å². The first-order valence-corrected chi connectivity index (χ1v) is 5.70. The largest absolute Gasteiger partial charge is 0.335 e. The van der Waals surface area contributed by atoms with Gasteiger partial charge < -0.3 is 9.42 Å². The zero-order valence-electron chi connectivity index (χ0n) is 7.45. The monoisotopic (exact) mass is 194 g/mol. The third-order valence-electron chi connectivity index (χ3n) is 1.21. The molecule has 0 bridgehead atoms. The van der Waals surface area contributed by atoms with Gasteiger partial charge in [0.25, 0.3) is 0 Å². The molecule has 0 aromatic carbocycles. The van der Waals surface area contributed by atoms with Crippen molar-refractivity contribution in [2.45, 2.75) is 26.7 Å². The van der Waals surface area contributed by atoms with E-state index in [1.807, 2.05) is 6.92 Å². The Labute approximate surface area is 72.5 Å². The zero-order valence-corrected chi connectivity index (χ0v) is 8.34. The molecule has 0 aliphatic carbocycles. The molecule has 0 saturated carbocycles. The molecule has 0 rings (SSSR count). The van der Waals surface area contributed by atoms with Gasteiger partial charge in [-0.3, -0.25) is 9.36 Å². The van der Waals surface area contributed by atoms with Gasteiger partial charge in [-0.15, -0.1) is 0 Å². The van der Waals surface area contributed by atoms with Gasteiger partial charge in [-0.1, -0.05) is 13.3 Å². The van der Waals surface area contributed by atoms with Crippen molar-refractivity contribution in [1.29, 1.82) is 0 Å². The van der Waals surface area contributed by atoms with Crippen LogP contribution in [0.15, 0.2) is 0 Å². The van der Waals surface area contributed by atoms with Crippen LogP contribution >= 0.6 is 7.60 Å². The molecule has 0 saturated heterocycles. The SMILES string of the molecule is CCCCOP(=O)(O)CC(C)=O. The van der Waals surface area contributed by atoms with E-state index in [0.29, 0.717) is 0 Å². The van der Waals surface area contributed by atoms with Crippen LogP contribution in [0.3, 0.4) is 0 Å². The highest BCUT2D eigenvalue weighted by atomic mass is 31.2. The number of ketones is 1. The van der Waals surface area contributed by atoms with Crippen LogP contribution in [-0.4, -0.2) is 23.4 Å². The van der Waals surface area contributed by atoms with Gasteiger partial charge in [0.05, 0.1) is 6.61 Å². The summed E-state index contributed by atoms with van der Waals surface area (Å²) >= 11 is 0. The lowest BCUT2D eigenvalue weighted by Crippen LogP contribution is -2.03. The van der Waals surface area contributed by atoms with Gasteiger partial charge in [-0.2, -0.15) is 0 Å². The highest BCUT2D eigenvalue weighted by Gasteiger charge is 2.20. The Morgan fingerprint density at radius 2 is 2.17 bits per heavy atom. The van der Waals surface area contributed by atoms with Crippen molar-refractivity contribution in [1.82, 2.24) is 0 Å². The summed E-state index contributed by atoms with van der Waals surface area (Å²) in [5.41, 5.74) is 0. The van der Waals surface area contributed by atoms with E-state index in [1.54, 1.807) is 0 Å². The van der Waals surface area contributed by atoms with Crippen LogP contribution in [0.1, 0.15) is 26.7 Å². The van der Waals surface area contributed by atoms with Gasteiger partial charge in [-0.25, -0.2) is 0 Å². The Balaban J connectivity index is 3.72. The first-order chi connectivity index (χ1) is 5.48. The Morgan fingerprint density at radius 3 is 2.58 bits per heavy atom. The molecule has 0 fully saturated rings. The van der Waals surface area contributed by atoms with Crippen LogP contribution < -0.4 is 0 Å². The lowest BCUT2D eigenvalue weighted by Gasteiger charge is -2.09. The quantitative estimate of drug-likeness (QED) is 0.515. The molecule has 0 aromatic rings. The minimum absolute atomic E-state index is 0.248. The van der Waals surface area contributed by atoms with Crippen LogP contribution in [0.2, 0.25) is 0 Å². The highest BCUT2D eigenvalue weighted by Crippen LogP contribution is 2.41. The van der Waals surface area contributed by atoms with Crippen molar-refractivity contribution in [3.63, 3.8) is 0 Å². The second kappa shape index (κ2) is 5.46. The molecular weight excluding hydrogens is 179 g/mol. The van der Waals surface area contributed by atoms with Gasteiger partial charge in [0.15, 0.2) is 0 Å². The molecule has 72 valence electrons. The van der Waals surface area contributed by atoms with Crippen LogP contribution in [0.4, 0.5) is 0 Å². The van der Waals surface area contributed by atoms with E-state index in [9.17, 15) is 9.36 Å². The standard InChI is InChI=1S/C7H15O4P/c1-3-4-5-11-12(9,10)6-7(2)8/h3-6H2,1-2H3,(H,9,10). The number of rotatable bonds is 6. The summed E-state index contributed by atoms with van der Waals surface area (Å²) in [6.45, 7) is 3.47. The minimum atomic E-state index is -3.63. The lowest BCUT2D eigenvalue weighted by molar-refractivity contribution is -0.114. The Kier molecular flexibility index (Phi) is 5.38. The maximum atomic E-state index is 11.0. The number of hydrogen-bond donors (Lipinski definition) is 1. The fraction of sp³-hybridized carbons (Fsp3) is 0.857. The summed E-state index contributed by atoms with van der Waals surface area (Å²) in [7, 11) is -3.63. The van der Waals surface area contributed by atoms with Crippen LogP contribution in [0.5, 0.6) is 0 Å². The highest BCUT2D eigenvalue weighted by molar-refractivity contribution is 7.53. The number of unbranched alkanes of at least 4 members (excludes halogenated alkanes) is 1. The Bertz CT molecular complexity index is 190. The van der Waals surface area contributed by atoms with Crippen LogP contribution in [-0.2, 0) is 13.9 Å². The second-order valence-corrected chi connectivity index (χ2v) is 4.53. The summed E-state index contributed by atoms with van der Waals surface area (Å²) in [6.07, 6.45) is 1.26. The predicted molar refractivity (Wildman–Crippen MR) is 46.2 cm³/mol. The smallest absolute Gasteiger partial charge is 0.324 e. The van der Waals surface area contributed by atoms with Gasteiger partial charge in [0.2, 0.25) is 0 Å². The number of carbonyl (C=O) groups is 1. The van der Waals surface area contributed by atoms with Crippen molar-refractivity contribution in [2.24, 2.45) is 0 Å². The fourth-order valence-electron chi connectivity index (χ4n) is 0.679. The summed E-state index contributed by atoms with van der Waals surface area (Å²) in [4.78, 5) is 19.5. The van der Waals surface area contributed by atoms with Crippen molar-refractivity contribution in [3.05, 3.63) is 0 Å². The normalized spacial score (nSPS) is 15.6. The zero-order chi connectivity index (χ0) is 9.61. The lowest BCUT2D eigenvalue weighted by atomic mass is 10.4. The van der Waals surface area contributed by atoms with E-state index in [-0.39, 0.29) is 18.6 Å². The van der Waals surface area contributed by atoms with Crippen LogP contribution in [0, 0.1) is 0 Å². The van der Waals surface area contributed by atoms with E-state index in [2.05, 4.69) is 4.52 Å². The predicted octanol–water partition coefficient (Wildman–Crippen LogP) is 1.58. The third kappa shape index (κ3) is 6.53. The van der Waals surface area contributed by atoms with Crippen molar-refractivity contribution >= 4 is 13.4 Å². The molecule has 4 nitrogen and oxygen atoms in total. The first-order valence-electron chi connectivity index (χ1n) is 3.93. The molecule has 1 unspecified atom stereocenters. The molecule has 1 atom stereocenters. The van der Waals surface area contributed by atoms with Crippen LogP contribution in [0.25, 0.3) is 0 Å². The van der Waals surface area contributed by atoms with Gasteiger partial charge in [0.1, 0.15) is 11.9 Å². The van der Waals surface area contributed by atoms with Gasteiger partial charge in [0, 0.05) is 0 Å². The molecule has 5 heteroatoms. The number of Topliss-reactive ketones (excluding diaryl/α,β-unsaturated/α-hetero) is 1. The van der Waals surface area contributed by atoms with E-state index in [1.165, 1.54) is 6.92 Å². The summed E-state index contributed by atoms with van der Waals surface area (Å²) in [6, 6.07) is 0. The van der Waals surface area contributed by atoms with Crippen molar-refractivity contribution < 1.29 is 18.8 Å². The molecule has 12 heavy (non-hydrogen) atoms. The Hall–Kier alpha value is -0.180. The first kappa shape index (κ1) is 11.8. The third-order valence-corrected chi connectivity index (χ3v) is 2.64. The van der Waals surface area contributed by atoms with E-state index < -0.39 is 7.60 Å². The fourth-order valence-corrected chi connectivity index (χ4v) is 1.75. The van der Waals surface area contributed by atoms with Gasteiger partial charge >= 0.3 is 7.60 Å². The molecule has 0 amide bonds. The number of hydrogen-bond acceptors (Lipinski definition) is 3. The summed E-state index contributed by atoms with van der Waals surface area (Å²) in [5.74, 6) is -0.322. The van der Waals surface area contributed by atoms with Gasteiger partial charge in [-0.05, 0) is 13.3 Å².